The fourth-order valence-corrected chi connectivity index (χ4v) is 2.32. The van der Waals surface area contributed by atoms with Crippen molar-refractivity contribution in [3.05, 3.63) is 63.7 Å². The molecule has 0 heterocycles. The van der Waals surface area contributed by atoms with Crippen molar-refractivity contribution in [1.82, 2.24) is 5.32 Å². The second-order valence-corrected chi connectivity index (χ2v) is 5.44. The number of benzene rings is 2. The van der Waals surface area contributed by atoms with Gasteiger partial charge in [0.2, 0.25) is 0 Å². The van der Waals surface area contributed by atoms with E-state index in [-0.39, 0.29) is 0 Å². The van der Waals surface area contributed by atoms with Crippen LogP contribution in [0.15, 0.2) is 36.4 Å². The molecule has 2 aromatic rings. The van der Waals surface area contributed by atoms with Crippen molar-refractivity contribution < 1.29 is 4.74 Å². The average molecular weight is 290 g/mol. The van der Waals surface area contributed by atoms with E-state index in [0.717, 1.165) is 22.9 Å². The minimum atomic E-state index is 0.575. The molecule has 0 atom stereocenters. The Morgan fingerprint density at radius 3 is 2.60 bits per heavy atom. The highest BCUT2D eigenvalue weighted by Crippen LogP contribution is 2.24. The molecule has 0 saturated carbocycles. The second kappa shape index (κ2) is 6.78. The van der Waals surface area contributed by atoms with Crippen LogP contribution in [0.4, 0.5) is 0 Å². The van der Waals surface area contributed by atoms with Gasteiger partial charge in [0.15, 0.2) is 0 Å². The highest BCUT2D eigenvalue weighted by atomic mass is 35.5. The summed E-state index contributed by atoms with van der Waals surface area (Å²) in [5, 5.41) is 3.86. The van der Waals surface area contributed by atoms with E-state index in [4.69, 9.17) is 16.3 Å². The first-order valence-corrected chi connectivity index (χ1v) is 7.10. The van der Waals surface area contributed by atoms with Crippen LogP contribution in [-0.4, -0.2) is 7.05 Å². The molecule has 2 rings (SSSR count). The van der Waals surface area contributed by atoms with Gasteiger partial charge in [0.1, 0.15) is 12.4 Å². The van der Waals surface area contributed by atoms with Crippen molar-refractivity contribution in [2.75, 3.05) is 7.05 Å². The number of ether oxygens (including phenoxy) is 1. The monoisotopic (exact) mass is 289 g/mol. The van der Waals surface area contributed by atoms with Crippen molar-refractivity contribution in [3.8, 4) is 5.75 Å². The molecule has 2 nitrogen and oxygen atoms in total. The van der Waals surface area contributed by atoms with Crippen molar-refractivity contribution in [2.24, 2.45) is 0 Å². The largest absolute Gasteiger partial charge is 0.489 e. The molecule has 1 N–H and O–H groups in total. The van der Waals surface area contributed by atoms with Gasteiger partial charge in [-0.1, -0.05) is 35.4 Å². The predicted molar refractivity (Wildman–Crippen MR) is 84.5 cm³/mol. The fourth-order valence-electron chi connectivity index (χ4n) is 2.13. The zero-order valence-corrected chi connectivity index (χ0v) is 12.9. The van der Waals surface area contributed by atoms with Gasteiger partial charge in [-0.3, -0.25) is 0 Å². The normalized spacial score (nSPS) is 10.6. The fraction of sp³-hybridized carbons (Fsp3) is 0.294. The summed E-state index contributed by atoms with van der Waals surface area (Å²) in [6.07, 6.45) is 0. The van der Waals surface area contributed by atoms with Crippen LogP contribution in [0, 0.1) is 13.8 Å². The van der Waals surface area contributed by atoms with Gasteiger partial charge < -0.3 is 10.1 Å². The molecule has 2 aromatic carbocycles. The van der Waals surface area contributed by atoms with Gasteiger partial charge >= 0.3 is 0 Å². The van der Waals surface area contributed by atoms with Crippen LogP contribution < -0.4 is 10.1 Å². The summed E-state index contributed by atoms with van der Waals surface area (Å²) in [6, 6.07) is 12.1. The molecular formula is C17H20ClNO. The SMILES string of the molecule is CNCc1cc(Cl)ccc1OCc1cc(C)ccc1C. The Morgan fingerprint density at radius 2 is 1.85 bits per heavy atom. The highest BCUT2D eigenvalue weighted by Gasteiger charge is 2.06. The summed E-state index contributed by atoms with van der Waals surface area (Å²) in [5.74, 6) is 0.879. The van der Waals surface area contributed by atoms with E-state index in [0.29, 0.717) is 6.61 Å². The van der Waals surface area contributed by atoms with Crippen LogP contribution in [-0.2, 0) is 13.2 Å². The molecule has 0 aliphatic rings. The van der Waals surface area contributed by atoms with Crippen LogP contribution in [0.5, 0.6) is 5.75 Å². The van der Waals surface area contributed by atoms with E-state index < -0.39 is 0 Å². The second-order valence-electron chi connectivity index (χ2n) is 5.00. The molecular weight excluding hydrogens is 270 g/mol. The van der Waals surface area contributed by atoms with Gasteiger partial charge in [-0.15, -0.1) is 0 Å². The van der Waals surface area contributed by atoms with Gasteiger partial charge in [0, 0.05) is 17.1 Å². The summed E-state index contributed by atoms with van der Waals surface area (Å²) in [5.41, 5.74) is 4.79. The summed E-state index contributed by atoms with van der Waals surface area (Å²) < 4.78 is 5.97. The number of rotatable bonds is 5. The first kappa shape index (κ1) is 14.9. The topological polar surface area (TPSA) is 21.3 Å². The molecule has 0 radical (unpaired) electrons. The molecule has 0 fully saturated rings. The van der Waals surface area contributed by atoms with E-state index in [9.17, 15) is 0 Å². The molecule has 0 unspecified atom stereocenters. The molecule has 106 valence electrons. The lowest BCUT2D eigenvalue weighted by Crippen LogP contribution is -2.08. The van der Waals surface area contributed by atoms with E-state index >= 15 is 0 Å². The maximum absolute atomic E-state index is 6.03. The lowest BCUT2D eigenvalue weighted by molar-refractivity contribution is 0.301. The van der Waals surface area contributed by atoms with E-state index in [2.05, 4.69) is 37.4 Å². The summed E-state index contributed by atoms with van der Waals surface area (Å²) in [4.78, 5) is 0. The van der Waals surface area contributed by atoms with E-state index in [1.165, 1.54) is 16.7 Å². The maximum Gasteiger partial charge on any atom is 0.124 e. The standard InChI is InChI=1S/C17H20ClNO/c1-12-4-5-13(2)15(8-12)11-20-17-7-6-16(18)9-14(17)10-19-3/h4-9,19H,10-11H2,1-3H3. The zero-order valence-electron chi connectivity index (χ0n) is 12.2. The van der Waals surface area contributed by atoms with Crippen LogP contribution in [0.2, 0.25) is 5.02 Å². The summed E-state index contributed by atoms with van der Waals surface area (Å²) >= 11 is 6.03. The Labute approximate surface area is 125 Å². The smallest absolute Gasteiger partial charge is 0.124 e. The van der Waals surface area contributed by atoms with Crippen molar-refractivity contribution >= 4 is 11.6 Å². The molecule has 0 amide bonds. The summed E-state index contributed by atoms with van der Waals surface area (Å²) in [7, 11) is 1.91. The molecule has 0 saturated heterocycles. The Balaban J connectivity index is 2.16. The van der Waals surface area contributed by atoms with Gasteiger partial charge in [0.05, 0.1) is 0 Å². The molecule has 20 heavy (non-hydrogen) atoms. The summed E-state index contributed by atoms with van der Waals surface area (Å²) in [6.45, 7) is 5.51. The van der Waals surface area contributed by atoms with Gasteiger partial charge in [-0.2, -0.15) is 0 Å². The predicted octanol–water partition coefficient (Wildman–Crippen LogP) is 4.26. The molecule has 0 aromatic heterocycles. The maximum atomic E-state index is 6.03. The quantitative estimate of drug-likeness (QED) is 0.888. The Bertz CT molecular complexity index is 596. The van der Waals surface area contributed by atoms with Crippen LogP contribution in [0.1, 0.15) is 22.3 Å². The third kappa shape index (κ3) is 3.75. The molecule has 0 spiro atoms. The molecule has 0 aliphatic carbocycles. The number of nitrogens with one attached hydrogen (secondary N) is 1. The zero-order chi connectivity index (χ0) is 14.5. The Hall–Kier alpha value is -1.51. The Kier molecular flexibility index (Phi) is 5.05. The number of hydrogen-bond donors (Lipinski definition) is 1. The number of hydrogen-bond acceptors (Lipinski definition) is 2. The van der Waals surface area contributed by atoms with Crippen LogP contribution in [0.3, 0.4) is 0 Å². The highest BCUT2D eigenvalue weighted by molar-refractivity contribution is 6.30. The minimum Gasteiger partial charge on any atom is -0.489 e. The molecule has 0 bridgehead atoms. The first-order chi connectivity index (χ1) is 9.60. The molecule has 3 heteroatoms. The van der Waals surface area contributed by atoms with Crippen molar-refractivity contribution in [3.63, 3.8) is 0 Å². The average Bonchev–Trinajstić information content (AvgIpc) is 2.42. The van der Waals surface area contributed by atoms with Crippen LogP contribution in [0.25, 0.3) is 0 Å². The lowest BCUT2D eigenvalue weighted by Gasteiger charge is -2.13. The van der Waals surface area contributed by atoms with Crippen LogP contribution >= 0.6 is 11.6 Å². The third-order valence-corrected chi connectivity index (χ3v) is 3.51. The number of aryl methyl sites for hydroxylation is 2. The first-order valence-electron chi connectivity index (χ1n) is 6.72. The lowest BCUT2D eigenvalue weighted by atomic mass is 10.1. The third-order valence-electron chi connectivity index (χ3n) is 3.28. The van der Waals surface area contributed by atoms with E-state index in [1.807, 2.05) is 25.2 Å². The van der Waals surface area contributed by atoms with Gasteiger partial charge in [-0.25, -0.2) is 0 Å². The minimum absolute atomic E-state index is 0.575. The van der Waals surface area contributed by atoms with Gasteiger partial charge in [0.25, 0.3) is 0 Å². The Morgan fingerprint density at radius 1 is 1.05 bits per heavy atom. The van der Waals surface area contributed by atoms with Gasteiger partial charge in [-0.05, 0) is 50.2 Å². The molecule has 0 aliphatic heterocycles. The van der Waals surface area contributed by atoms with Crippen molar-refractivity contribution in [1.29, 1.82) is 0 Å². The number of halogens is 1. The van der Waals surface area contributed by atoms with E-state index in [1.54, 1.807) is 0 Å². The van der Waals surface area contributed by atoms with Crippen molar-refractivity contribution in [2.45, 2.75) is 27.0 Å².